The predicted octanol–water partition coefficient (Wildman–Crippen LogP) is 4.05. The topological polar surface area (TPSA) is 79.9 Å². The van der Waals surface area contributed by atoms with Gasteiger partial charge < -0.3 is 19.4 Å². The van der Waals surface area contributed by atoms with Crippen LogP contribution < -0.4 is 10.2 Å². The van der Waals surface area contributed by atoms with Crippen molar-refractivity contribution in [1.29, 1.82) is 0 Å². The van der Waals surface area contributed by atoms with Crippen molar-refractivity contribution in [3.8, 4) is 28.4 Å². The largest absolute Gasteiger partial charge is 0.504 e. The molecular weight excluding hydrogens is 308 g/mol. The van der Waals surface area contributed by atoms with E-state index >= 15 is 0 Å². The zero-order valence-corrected chi connectivity index (χ0v) is 13.3. The highest BCUT2D eigenvalue weighted by Gasteiger charge is 2.12. The number of phenols is 2. The Kier molecular flexibility index (Phi) is 4.42. The van der Waals surface area contributed by atoms with Crippen LogP contribution in [0.5, 0.6) is 17.2 Å². The molecule has 0 radical (unpaired) electrons. The molecule has 5 nitrogen and oxygen atoms in total. The van der Waals surface area contributed by atoms with E-state index in [2.05, 4.69) is 6.92 Å². The number of fused-ring (bicyclic) bond motifs is 1. The number of aromatic hydroxyl groups is 2. The zero-order valence-electron chi connectivity index (χ0n) is 13.3. The fraction of sp³-hybridized carbons (Fsp3) is 0.211. The van der Waals surface area contributed by atoms with E-state index < -0.39 is 0 Å². The van der Waals surface area contributed by atoms with Crippen molar-refractivity contribution in [2.45, 2.75) is 19.8 Å². The molecule has 1 heterocycles. The van der Waals surface area contributed by atoms with Gasteiger partial charge in [0.1, 0.15) is 17.6 Å². The molecule has 1 aromatic heterocycles. The maximum atomic E-state index is 12.6. The Morgan fingerprint density at radius 1 is 1.08 bits per heavy atom. The normalized spacial score (nSPS) is 10.9. The minimum absolute atomic E-state index is 0.214. The van der Waals surface area contributed by atoms with Crippen LogP contribution in [0.3, 0.4) is 0 Å². The summed E-state index contributed by atoms with van der Waals surface area (Å²) in [6.45, 7) is 2.76. The van der Waals surface area contributed by atoms with E-state index in [0.717, 1.165) is 18.6 Å². The first-order valence-electron chi connectivity index (χ1n) is 7.81. The van der Waals surface area contributed by atoms with E-state index in [4.69, 9.17) is 9.15 Å². The first-order valence-corrected chi connectivity index (χ1v) is 7.81. The quantitative estimate of drug-likeness (QED) is 0.546. The Hall–Kier alpha value is -2.95. The standard InChI is InChI=1S/C19H18O5/c1-2-3-8-23-13-6-4-12(5-7-13)15-11-24-18-10-17(21)16(20)9-14(18)19(15)22/h4-7,9-11,20-21H,2-3,8H2,1H3. The smallest absolute Gasteiger partial charge is 0.200 e. The van der Waals surface area contributed by atoms with Gasteiger partial charge in [0.05, 0.1) is 17.6 Å². The van der Waals surface area contributed by atoms with Crippen LogP contribution in [0.15, 0.2) is 51.9 Å². The summed E-state index contributed by atoms with van der Waals surface area (Å²) < 4.78 is 11.0. The van der Waals surface area contributed by atoms with E-state index in [1.807, 2.05) is 12.1 Å². The fourth-order valence-electron chi connectivity index (χ4n) is 2.42. The highest BCUT2D eigenvalue weighted by Crippen LogP contribution is 2.30. The maximum Gasteiger partial charge on any atom is 0.200 e. The molecule has 0 aliphatic rings. The van der Waals surface area contributed by atoms with Crippen molar-refractivity contribution >= 4 is 11.0 Å². The van der Waals surface area contributed by atoms with Gasteiger partial charge in [-0.1, -0.05) is 25.5 Å². The number of ether oxygens (including phenoxy) is 1. The molecule has 0 amide bonds. The summed E-state index contributed by atoms with van der Waals surface area (Å²) in [4.78, 5) is 12.6. The molecule has 0 saturated heterocycles. The third kappa shape index (κ3) is 3.06. The van der Waals surface area contributed by atoms with Gasteiger partial charge in [0.15, 0.2) is 11.5 Å². The van der Waals surface area contributed by atoms with Crippen molar-refractivity contribution in [3.63, 3.8) is 0 Å². The second kappa shape index (κ2) is 6.66. The molecule has 124 valence electrons. The Labute approximate surface area is 138 Å². The van der Waals surface area contributed by atoms with Crippen LogP contribution in [-0.4, -0.2) is 16.8 Å². The van der Waals surface area contributed by atoms with Crippen molar-refractivity contribution in [2.24, 2.45) is 0 Å². The van der Waals surface area contributed by atoms with E-state index in [1.165, 1.54) is 18.4 Å². The van der Waals surface area contributed by atoms with Crippen LogP contribution in [0.25, 0.3) is 22.1 Å². The van der Waals surface area contributed by atoms with Gasteiger partial charge in [-0.3, -0.25) is 4.79 Å². The molecule has 3 rings (SSSR count). The Morgan fingerprint density at radius 3 is 2.50 bits per heavy atom. The molecule has 0 aliphatic carbocycles. The molecule has 0 saturated carbocycles. The maximum absolute atomic E-state index is 12.6. The van der Waals surface area contributed by atoms with Gasteiger partial charge in [0.2, 0.25) is 5.43 Å². The van der Waals surface area contributed by atoms with E-state index in [1.54, 1.807) is 12.1 Å². The van der Waals surface area contributed by atoms with Crippen LogP contribution >= 0.6 is 0 Å². The van der Waals surface area contributed by atoms with Crippen LogP contribution in [0.2, 0.25) is 0 Å². The van der Waals surface area contributed by atoms with Gasteiger partial charge in [-0.2, -0.15) is 0 Å². The second-order valence-electron chi connectivity index (χ2n) is 5.54. The summed E-state index contributed by atoms with van der Waals surface area (Å²) in [5.41, 5.74) is 1.03. The second-order valence-corrected chi connectivity index (χ2v) is 5.54. The zero-order chi connectivity index (χ0) is 17.1. The molecule has 0 unspecified atom stereocenters. The third-order valence-electron chi connectivity index (χ3n) is 3.80. The molecule has 3 aromatic rings. The highest BCUT2D eigenvalue weighted by atomic mass is 16.5. The molecule has 0 spiro atoms. The summed E-state index contributed by atoms with van der Waals surface area (Å²) >= 11 is 0. The molecule has 2 aromatic carbocycles. The number of hydrogen-bond acceptors (Lipinski definition) is 5. The number of benzene rings is 2. The molecule has 0 aliphatic heterocycles. The monoisotopic (exact) mass is 326 g/mol. The summed E-state index contributed by atoms with van der Waals surface area (Å²) in [6, 6.07) is 9.63. The molecule has 5 heteroatoms. The molecule has 0 fully saturated rings. The molecule has 2 N–H and O–H groups in total. The van der Waals surface area contributed by atoms with Crippen LogP contribution in [0.1, 0.15) is 19.8 Å². The third-order valence-corrected chi connectivity index (χ3v) is 3.80. The van der Waals surface area contributed by atoms with Gasteiger partial charge in [-0.15, -0.1) is 0 Å². The predicted molar refractivity (Wildman–Crippen MR) is 91.7 cm³/mol. The molecule has 0 bridgehead atoms. The van der Waals surface area contributed by atoms with Gasteiger partial charge >= 0.3 is 0 Å². The van der Waals surface area contributed by atoms with Crippen molar-refractivity contribution < 1.29 is 19.4 Å². The lowest BCUT2D eigenvalue weighted by molar-refractivity contribution is 0.309. The highest BCUT2D eigenvalue weighted by molar-refractivity contribution is 5.84. The SMILES string of the molecule is CCCCOc1ccc(-c2coc3cc(O)c(O)cc3c2=O)cc1. The van der Waals surface area contributed by atoms with Crippen LogP contribution in [-0.2, 0) is 0 Å². The molecule has 0 atom stereocenters. The summed E-state index contributed by atoms with van der Waals surface area (Å²) in [5.74, 6) is 0.0681. The number of rotatable bonds is 5. The van der Waals surface area contributed by atoms with E-state index in [0.29, 0.717) is 17.7 Å². The first kappa shape index (κ1) is 15.9. The van der Waals surface area contributed by atoms with Gasteiger partial charge in [0, 0.05) is 6.07 Å². The molecule has 24 heavy (non-hydrogen) atoms. The number of phenolic OH excluding ortho intramolecular Hbond substituents is 2. The lowest BCUT2D eigenvalue weighted by Crippen LogP contribution is -2.04. The first-order chi connectivity index (χ1) is 11.6. The summed E-state index contributed by atoms with van der Waals surface area (Å²) in [6.07, 6.45) is 3.42. The average molecular weight is 326 g/mol. The Bertz CT molecular complexity index is 909. The number of unbranched alkanes of at least 4 members (excludes halogenated alkanes) is 1. The van der Waals surface area contributed by atoms with Crippen LogP contribution in [0.4, 0.5) is 0 Å². The van der Waals surface area contributed by atoms with Crippen molar-refractivity contribution in [2.75, 3.05) is 6.61 Å². The van der Waals surface area contributed by atoms with Gasteiger partial charge in [0.25, 0.3) is 0 Å². The fourth-order valence-corrected chi connectivity index (χ4v) is 2.42. The van der Waals surface area contributed by atoms with Crippen molar-refractivity contribution in [3.05, 3.63) is 52.9 Å². The lowest BCUT2D eigenvalue weighted by Gasteiger charge is -2.07. The number of hydrogen-bond donors (Lipinski definition) is 2. The average Bonchev–Trinajstić information content (AvgIpc) is 2.58. The lowest BCUT2D eigenvalue weighted by atomic mass is 10.1. The van der Waals surface area contributed by atoms with E-state index in [-0.39, 0.29) is 27.9 Å². The van der Waals surface area contributed by atoms with Gasteiger partial charge in [-0.05, 0) is 30.2 Å². The van der Waals surface area contributed by atoms with E-state index in [9.17, 15) is 15.0 Å². The van der Waals surface area contributed by atoms with Crippen molar-refractivity contribution in [1.82, 2.24) is 0 Å². The summed E-state index contributed by atoms with van der Waals surface area (Å²) in [5, 5.41) is 19.3. The van der Waals surface area contributed by atoms with Crippen LogP contribution in [0, 0.1) is 0 Å². The minimum Gasteiger partial charge on any atom is -0.504 e. The van der Waals surface area contributed by atoms with Gasteiger partial charge in [-0.25, -0.2) is 0 Å². The summed E-state index contributed by atoms with van der Waals surface area (Å²) in [7, 11) is 0. The minimum atomic E-state index is -0.355. The Morgan fingerprint density at radius 2 is 1.79 bits per heavy atom. The molecular formula is C19H18O5. The Balaban J connectivity index is 1.96.